The molecule has 0 aliphatic carbocycles. The van der Waals surface area contributed by atoms with E-state index in [0.29, 0.717) is 17.9 Å². The summed E-state index contributed by atoms with van der Waals surface area (Å²) in [6.07, 6.45) is 1.57. The molecule has 0 radical (unpaired) electrons. The van der Waals surface area contributed by atoms with Crippen LogP contribution in [0.15, 0.2) is 53.6 Å². The van der Waals surface area contributed by atoms with Gasteiger partial charge in [0.2, 0.25) is 0 Å². The van der Waals surface area contributed by atoms with Crippen LogP contribution in [0.2, 0.25) is 0 Å². The molecule has 0 spiro atoms. The highest BCUT2D eigenvalue weighted by molar-refractivity contribution is 5.95. The molecule has 5 heteroatoms. The number of nitrogens with zero attached hydrogens (tertiary/aromatic N) is 1. The molecule has 0 aliphatic heterocycles. The van der Waals surface area contributed by atoms with E-state index in [4.69, 9.17) is 10.5 Å². The fraction of sp³-hybridized carbons (Fsp3) is 0.125. The zero-order valence-corrected chi connectivity index (χ0v) is 11.7. The number of rotatable bonds is 5. The highest BCUT2D eigenvalue weighted by atomic mass is 16.5. The molecule has 21 heavy (non-hydrogen) atoms. The Morgan fingerprint density at radius 3 is 2.76 bits per heavy atom. The van der Waals surface area contributed by atoms with Gasteiger partial charge >= 0.3 is 0 Å². The summed E-state index contributed by atoms with van der Waals surface area (Å²) in [4.78, 5) is 11.8. The van der Waals surface area contributed by atoms with Crippen molar-refractivity contribution in [1.82, 2.24) is 5.43 Å². The lowest BCUT2D eigenvalue weighted by molar-refractivity contribution is 0.0955. The first-order chi connectivity index (χ1) is 10.2. The molecule has 0 aliphatic rings. The monoisotopic (exact) mass is 283 g/mol. The minimum Gasteiger partial charge on any atom is -0.494 e. The van der Waals surface area contributed by atoms with Crippen LogP contribution in [0.4, 0.5) is 5.69 Å². The van der Waals surface area contributed by atoms with E-state index >= 15 is 0 Å². The standard InChI is InChI=1S/C16H17N3O2/c1-2-21-15-5-3-4-12(10-15)11-18-19-16(20)13-6-8-14(17)9-7-13/h3-11H,2,17H2,1H3,(H,19,20)/b18-11-. The Bertz CT molecular complexity index is 636. The second-order valence-electron chi connectivity index (χ2n) is 4.33. The van der Waals surface area contributed by atoms with Crippen molar-refractivity contribution in [2.24, 2.45) is 5.10 Å². The number of anilines is 1. The second-order valence-corrected chi connectivity index (χ2v) is 4.33. The quantitative estimate of drug-likeness (QED) is 0.502. The van der Waals surface area contributed by atoms with Gasteiger partial charge in [-0.2, -0.15) is 5.10 Å². The largest absolute Gasteiger partial charge is 0.494 e. The SMILES string of the molecule is CCOc1cccc(/C=N\NC(=O)c2ccc(N)cc2)c1. The van der Waals surface area contributed by atoms with Gasteiger partial charge < -0.3 is 10.5 Å². The van der Waals surface area contributed by atoms with Crippen LogP contribution in [0.1, 0.15) is 22.8 Å². The van der Waals surface area contributed by atoms with Gasteiger partial charge in [0.25, 0.3) is 5.91 Å². The fourth-order valence-corrected chi connectivity index (χ4v) is 1.72. The summed E-state index contributed by atoms with van der Waals surface area (Å²) in [5.41, 5.74) is 10.00. The van der Waals surface area contributed by atoms with Crippen LogP contribution in [-0.4, -0.2) is 18.7 Å². The van der Waals surface area contributed by atoms with E-state index in [9.17, 15) is 4.79 Å². The van der Waals surface area contributed by atoms with Crippen molar-refractivity contribution in [3.63, 3.8) is 0 Å². The molecule has 2 aromatic carbocycles. The molecule has 0 unspecified atom stereocenters. The molecule has 1 amide bonds. The molecular weight excluding hydrogens is 266 g/mol. The van der Waals surface area contributed by atoms with Crippen LogP contribution in [0, 0.1) is 0 Å². The van der Waals surface area contributed by atoms with Gasteiger partial charge in [0.15, 0.2) is 0 Å². The third-order valence-electron chi connectivity index (χ3n) is 2.72. The van der Waals surface area contributed by atoms with Gasteiger partial charge in [-0.1, -0.05) is 12.1 Å². The molecule has 0 heterocycles. The smallest absolute Gasteiger partial charge is 0.271 e. The number of nitrogens with one attached hydrogen (secondary N) is 1. The van der Waals surface area contributed by atoms with Crippen molar-refractivity contribution in [1.29, 1.82) is 0 Å². The predicted molar refractivity (Wildman–Crippen MR) is 83.5 cm³/mol. The van der Waals surface area contributed by atoms with Crippen LogP contribution in [0.5, 0.6) is 5.75 Å². The van der Waals surface area contributed by atoms with Crippen molar-refractivity contribution in [2.75, 3.05) is 12.3 Å². The van der Waals surface area contributed by atoms with E-state index in [1.807, 2.05) is 31.2 Å². The number of ether oxygens (including phenoxy) is 1. The summed E-state index contributed by atoms with van der Waals surface area (Å²) in [7, 11) is 0. The number of nitrogens with two attached hydrogens (primary N) is 1. The first-order valence-corrected chi connectivity index (χ1v) is 6.61. The van der Waals surface area contributed by atoms with E-state index in [0.717, 1.165) is 11.3 Å². The van der Waals surface area contributed by atoms with E-state index < -0.39 is 0 Å². The number of hydrogen-bond acceptors (Lipinski definition) is 4. The van der Waals surface area contributed by atoms with E-state index in [2.05, 4.69) is 10.5 Å². The number of amides is 1. The van der Waals surface area contributed by atoms with Crippen molar-refractivity contribution < 1.29 is 9.53 Å². The van der Waals surface area contributed by atoms with Crippen molar-refractivity contribution >= 4 is 17.8 Å². The Kier molecular flexibility index (Phi) is 4.93. The number of hydrazone groups is 1. The molecular formula is C16H17N3O2. The van der Waals surface area contributed by atoms with Gasteiger partial charge in [-0.3, -0.25) is 4.79 Å². The Balaban J connectivity index is 1.97. The molecule has 5 nitrogen and oxygen atoms in total. The highest BCUT2D eigenvalue weighted by Crippen LogP contribution is 2.11. The molecule has 3 N–H and O–H groups in total. The van der Waals surface area contributed by atoms with Gasteiger partial charge in [0, 0.05) is 11.3 Å². The normalized spacial score (nSPS) is 10.5. The molecule has 2 rings (SSSR count). The Morgan fingerprint density at radius 2 is 2.05 bits per heavy atom. The van der Waals surface area contributed by atoms with Gasteiger partial charge in [-0.05, 0) is 48.9 Å². The number of nitrogen functional groups attached to an aromatic ring is 1. The lowest BCUT2D eigenvalue weighted by Crippen LogP contribution is -2.17. The fourth-order valence-electron chi connectivity index (χ4n) is 1.72. The first-order valence-electron chi connectivity index (χ1n) is 6.61. The molecule has 0 fully saturated rings. The van der Waals surface area contributed by atoms with Crippen LogP contribution < -0.4 is 15.9 Å². The summed E-state index contributed by atoms with van der Waals surface area (Å²) in [5, 5.41) is 3.93. The van der Waals surface area contributed by atoms with Crippen LogP contribution >= 0.6 is 0 Å². The average molecular weight is 283 g/mol. The van der Waals surface area contributed by atoms with Crippen molar-refractivity contribution in [2.45, 2.75) is 6.92 Å². The van der Waals surface area contributed by atoms with Crippen molar-refractivity contribution in [3.8, 4) is 5.75 Å². The summed E-state index contributed by atoms with van der Waals surface area (Å²) >= 11 is 0. The lowest BCUT2D eigenvalue weighted by atomic mass is 10.2. The van der Waals surface area contributed by atoms with Crippen LogP contribution in [0.25, 0.3) is 0 Å². The molecule has 108 valence electrons. The summed E-state index contributed by atoms with van der Waals surface area (Å²) in [6, 6.07) is 14.1. The molecule has 2 aromatic rings. The Hall–Kier alpha value is -2.82. The maximum atomic E-state index is 11.8. The minimum atomic E-state index is -0.285. The van der Waals surface area contributed by atoms with Gasteiger partial charge in [-0.15, -0.1) is 0 Å². The summed E-state index contributed by atoms with van der Waals surface area (Å²) in [5.74, 6) is 0.485. The molecule has 0 saturated heterocycles. The third-order valence-corrected chi connectivity index (χ3v) is 2.72. The molecule has 0 aromatic heterocycles. The average Bonchev–Trinajstić information content (AvgIpc) is 2.48. The van der Waals surface area contributed by atoms with E-state index in [1.54, 1.807) is 30.5 Å². The maximum absolute atomic E-state index is 11.8. The summed E-state index contributed by atoms with van der Waals surface area (Å²) in [6.45, 7) is 2.53. The molecule has 0 saturated carbocycles. The zero-order valence-electron chi connectivity index (χ0n) is 11.7. The first kappa shape index (κ1) is 14.6. The minimum absolute atomic E-state index is 0.285. The molecule has 0 atom stereocenters. The van der Waals surface area contributed by atoms with E-state index in [-0.39, 0.29) is 5.91 Å². The Labute approximate surface area is 123 Å². The highest BCUT2D eigenvalue weighted by Gasteiger charge is 2.02. The molecule has 0 bridgehead atoms. The topological polar surface area (TPSA) is 76.7 Å². The van der Waals surface area contributed by atoms with Gasteiger partial charge in [0.1, 0.15) is 5.75 Å². The number of benzene rings is 2. The summed E-state index contributed by atoms with van der Waals surface area (Å²) < 4.78 is 5.39. The zero-order chi connectivity index (χ0) is 15.1. The second kappa shape index (κ2) is 7.09. The van der Waals surface area contributed by atoms with Crippen LogP contribution in [-0.2, 0) is 0 Å². The Morgan fingerprint density at radius 1 is 1.29 bits per heavy atom. The lowest BCUT2D eigenvalue weighted by Gasteiger charge is -2.03. The van der Waals surface area contributed by atoms with E-state index in [1.165, 1.54) is 0 Å². The predicted octanol–water partition coefficient (Wildman–Crippen LogP) is 2.43. The third kappa shape index (κ3) is 4.35. The maximum Gasteiger partial charge on any atom is 0.271 e. The van der Waals surface area contributed by atoms with Gasteiger partial charge in [-0.25, -0.2) is 5.43 Å². The number of carbonyl (C=O) groups excluding carboxylic acids is 1. The number of hydrogen-bond donors (Lipinski definition) is 2. The van der Waals surface area contributed by atoms with Gasteiger partial charge in [0.05, 0.1) is 12.8 Å². The van der Waals surface area contributed by atoms with Crippen LogP contribution in [0.3, 0.4) is 0 Å². The van der Waals surface area contributed by atoms with Crippen molar-refractivity contribution in [3.05, 3.63) is 59.7 Å². The number of carbonyl (C=O) groups is 1.